The van der Waals surface area contributed by atoms with E-state index in [1.807, 2.05) is 54.1 Å². The standard InChI is InChI=1S/C19H17NO2S/c1-13-10-16(23-2)8-9-17(13)20-12-15(19(21)22)11-18(20)14-6-4-3-5-7-14/h3-12H,1-2H3,(H,21,22). The highest BCUT2D eigenvalue weighted by atomic mass is 32.2. The summed E-state index contributed by atoms with van der Waals surface area (Å²) in [7, 11) is 0. The quantitative estimate of drug-likeness (QED) is 0.696. The molecule has 0 aliphatic rings. The van der Waals surface area contributed by atoms with Crippen molar-refractivity contribution in [3.05, 3.63) is 71.9 Å². The summed E-state index contributed by atoms with van der Waals surface area (Å²) in [5, 5.41) is 9.35. The number of hydrogen-bond acceptors (Lipinski definition) is 2. The molecule has 23 heavy (non-hydrogen) atoms. The van der Waals surface area contributed by atoms with E-state index in [1.54, 1.807) is 24.0 Å². The van der Waals surface area contributed by atoms with E-state index < -0.39 is 5.97 Å². The number of aromatic carboxylic acids is 1. The average molecular weight is 323 g/mol. The number of nitrogens with zero attached hydrogens (tertiary/aromatic N) is 1. The van der Waals surface area contributed by atoms with Crippen LogP contribution >= 0.6 is 11.8 Å². The number of carboxylic acids is 1. The van der Waals surface area contributed by atoms with Crippen molar-refractivity contribution in [3.63, 3.8) is 0 Å². The molecule has 0 aliphatic heterocycles. The SMILES string of the molecule is CSc1ccc(-n2cc(C(=O)O)cc2-c2ccccc2)c(C)c1. The van der Waals surface area contributed by atoms with Crippen molar-refractivity contribution in [3.8, 4) is 16.9 Å². The second kappa shape index (κ2) is 6.34. The molecule has 1 heterocycles. The van der Waals surface area contributed by atoms with Gasteiger partial charge in [0.1, 0.15) is 0 Å². The monoisotopic (exact) mass is 323 g/mol. The summed E-state index contributed by atoms with van der Waals surface area (Å²) in [6.07, 6.45) is 3.73. The van der Waals surface area contributed by atoms with Gasteiger partial charge in [-0.05, 0) is 48.6 Å². The van der Waals surface area contributed by atoms with E-state index in [1.165, 1.54) is 4.90 Å². The van der Waals surface area contributed by atoms with Gasteiger partial charge in [-0.25, -0.2) is 4.79 Å². The Morgan fingerprint density at radius 3 is 2.43 bits per heavy atom. The van der Waals surface area contributed by atoms with Crippen LogP contribution in [0.1, 0.15) is 15.9 Å². The fourth-order valence-electron chi connectivity index (χ4n) is 2.64. The molecule has 3 rings (SSSR count). The van der Waals surface area contributed by atoms with Gasteiger partial charge in [-0.2, -0.15) is 0 Å². The van der Waals surface area contributed by atoms with Gasteiger partial charge in [-0.15, -0.1) is 11.8 Å². The van der Waals surface area contributed by atoms with Crippen LogP contribution in [0, 0.1) is 6.92 Å². The maximum absolute atomic E-state index is 11.4. The fourth-order valence-corrected chi connectivity index (χ4v) is 3.13. The lowest BCUT2D eigenvalue weighted by atomic mass is 10.1. The summed E-state index contributed by atoms with van der Waals surface area (Å²) in [4.78, 5) is 12.6. The lowest BCUT2D eigenvalue weighted by molar-refractivity contribution is 0.0697. The van der Waals surface area contributed by atoms with Crippen LogP contribution < -0.4 is 0 Å². The van der Waals surface area contributed by atoms with Crippen molar-refractivity contribution in [1.29, 1.82) is 0 Å². The van der Waals surface area contributed by atoms with E-state index in [0.29, 0.717) is 0 Å². The molecule has 0 bridgehead atoms. The molecule has 2 aromatic carbocycles. The zero-order valence-electron chi connectivity index (χ0n) is 13.0. The number of rotatable bonds is 4. The number of carbonyl (C=O) groups is 1. The molecule has 0 aliphatic carbocycles. The molecule has 3 aromatic rings. The van der Waals surface area contributed by atoms with Gasteiger partial charge >= 0.3 is 5.97 Å². The highest BCUT2D eigenvalue weighted by molar-refractivity contribution is 7.98. The molecule has 3 nitrogen and oxygen atoms in total. The van der Waals surface area contributed by atoms with Crippen molar-refractivity contribution in [2.75, 3.05) is 6.26 Å². The molecular weight excluding hydrogens is 306 g/mol. The van der Waals surface area contributed by atoms with Gasteiger partial charge in [0, 0.05) is 16.8 Å². The van der Waals surface area contributed by atoms with Crippen LogP contribution in [0.25, 0.3) is 16.9 Å². The van der Waals surface area contributed by atoms with Gasteiger partial charge < -0.3 is 9.67 Å². The Kier molecular flexibility index (Phi) is 4.26. The summed E-state index contributed by atoms with van der Waals surface area (Å²) in [5.74, 6) is -0.917. The fraction of sp³-hybridized carbons (Fsp3) is 0.105. The van der Waals surface area contributed by atoms with Crippen LogP contribution in [0.5, 0.6) is 0 Å². The lowest BCUT2D eigenvalue weighted by Gasteiger charge is -2.13. The Labute approximate surface area is 139 Å². The molecule has 0 saturated carbocycles. The number of thioether (sulfide) groups is 1. The van der Waals surface area contributed by atoms with E-state index in [2.05, 4.69) is 12.1 Å². The first kappa shape index (κ1) is 15.4. The van der Waals surface area contributed by atoms with Crippen LogP contribution in [0.4, 0.5) is 0 Å². The summed E-state index contributed by atoms with van der Waals surface area (Å²) < 4.78 is 1.96. The zero-order chi connectivity index (χ0) is 16.4. The molecule has 0 fully saturated rings. The van der Waals surface area contributed by atoms with Gasteiger partial charge in [0.25, 0.3) is 0 Å². The normalized spacial score (nSPS) is 10.7. The second-order valence-corrected chi connectivity index (χ2v) is 6.19. The maximum atomic E-state index is 11.4. The molecular formula is C19H17NO2S. The van der Waals surface area contributed by atoms with Crippen molar-refractivity contribution in [2.24, 2.45) is 0 Å². The molecule has 116 valence electrons. The third kappa shape index (κ3) is 3.03. The van der Waals surface area contributed by atoms with Crippen LogP contribution in [-0.2, 0) is 0 Å². The Morgan fingerprint density at radius 2 is 1.83 bits per heavy atom. The number of aromatic nitrogens is 1. The van der Waals surface area contributed by atoms with Gasteiger partial charge in [0.05, 0.1) is 11.3 Å². The minimum Gasteiger partial charge on any atom is -0.478 e. The third-order valence-corrected chi connectivity index (χ3v) is 4.53. The smallest absolute Gasteiger partial charge is 0.337 e. The number of hydrogen-bond donors (Lipinski definition) is 1. The van der Waals surface area contributed by atoms with Gasteiger partial charge in [0.15, 0.2) is 0 Å². The van der Waals surface area contributed by atoms with Crippen molar-refractivity contribution in [1.82, 2.24) is 4.57 Å². The summed E-state index contributed by atoms with van der Waals surface area (Å²) in [5.41, 5.74) is 4.27. The first-order valence-electron chi connectivity index (χ1n) is 7.26. The van der Waals surface area contributed by atoms with Crippen LogP contribution in [-0.4, -0.2) is 21.9 Å². The van der Waals surface area contributed by atoms with Gasteiger partial charge in [-0.3, -0.25) is 0 Å². The zero-order valence-corrected chi connectivity index (χ0v) is 13.8. The Balaban J connectivity index is 2.20. The Bertz CT molecular complexity index is 853. The minimum absolute atomic E-state index is 0.289. The van der Waals surface area contributed by atoms with E-state index in [9.17, 15) is 9.90 Å². The van der Waals surface area contributed by atoms with E-state index in [4.69, 9.17) is 0 Å². The molecule has 1 aromatic heterocycles. The predicted octanol–water partition coefficient (Wildman–Crippen LogP) is 4.87. The van der Waals surface area contributed by atoms with Gasteiger partial charge in [-0.1, -0.05) is 30.3 Å². The minimum atomic E-state index is -0.917. The first-order valence-corrected chi connectivity index (χ1v) is 8.49. The predicted molar refractivity (Wildman–Crippen MR) is 94.7 cm³/mol. The molecule has 4 heteroatoms. The molecule has 0 radical (unpaired) electrons. The number of aryl methyl sites for hydroxylation is 1. The highest BCUT2D eigenvalue weighted by Gasteiger charge is 2.15. The van der Waals surface area contributed by atoms with Crippen LogP contribution in [0.2, 0.25) is 0 Å². The molecule has 0 atom stereocenters. The van der Waals surface area contributed by atoms with Crippen molar-refractivity contribution < 1.29 is 9.90 Å². The Hall–Kier alpha value is -2.46. The summed E-state index contributed by atoms with van der Waals surface area (Å²) in [6.45, 7) is 2.05. The van der Waals surface area contributed by atoms with E-state index in [0.717, 1.165) is 22.5 Å². The number of carboxylic acid groups (broad SMARTS) is 1. The second-order valence-electron chi connectivity index (χ2n) is 5.31. The van der Waals surface area contributed by atoms with E-state index >= 15 is 0 Å². The summed E-state index contributed by atoms with van der Waals surface area (Å²) in [6, 6.07) is 17.8. The maximum Gasteiger partial charge on any atom is 0.337 e. The average Bonchev–Trinajstić information content (AvgIpc) is 3.01. The highest BCUT2D eigenvalue weighted by Crippen LogP contribution is 2.29. The van der Waals surface area contributed by atoms with Crippen molar-refractivity contribution >= 4 is 17.7 Å². The topological polar surface area (TPSA) is 42.2 Å². The summed E-state index contributed by atoms with van der Waals surface area (Å²) >= 11 is 1.69. The Morgan fingerprint density at radius 1 is 1.09 bits per heavy atom. The first-order chi connectivity index (χ1) is 11.1. The molecule has 0 unspecified atom stereocenters. The molecule has 0 amide bonds. The van der Waals surface area contributed by atoms with Gasteiger partial charge in [0.2, 0.25) is 0 Å². The van der Waals surface area contributed by atoms with E-state index in [-0.39, 0.29) is 5.56 Å². The largest absolute Gasteiger partial charge is 0.478 e. The lowest BCUT2D eigenvalue weighted by Crippen LogP contribution is -1.98. The molecule has 0 saturated heterocycles. The van der Waals surface area contributed by atoms with Crippen LogP contribution in [0.3, 0.4) is 0 Å². The third-order valence-electron chi connectivity index (χ3n) is 3.80. The van der Waals surface area contributed by atoms with Crippen molar-refractivity contribution in [2.45, 2.75) is 11.8 Å². The van der Waals surface area contributed by atoms with Crippen LogP contribution in [0.15, 0.2) is 65.7 Å². The number of benzene rings is 2. The molecule has 1 N–H and O–H groups in total. The molecule has 0 spiro atoms.